The van der Waals surface area contributed by atoms with E-state index in [-0.39, 0.29) is 16.8 Å². The standard InChI is InChI=1S/C24H34N4O4S/c1-17-8-9-21(33(30,31)28-10-6-5-7-18(28)2)15-22(17)24(29)27-13-11-26(12-14-27)16-23-19(3)25-32-20(23)4/h8-9,15,18H,5-7,10-14,16H2,1-4H3. The molecule has 1 aromatic carbocycles. The highest BCUT2D eigenvalue weighted by atomic mass is 32.2. The van der Waals surface area contributed by atoms with Gasteiger partial charge in [-0.15, -0.1) is 0 Å². The highest BCUT2D eigenvalue weighted by Gasteiger charge is 2.32. The van der Waals surface area contributed by atoms with Crippen LogP contribution in [0.5, 0.6) is 0 Å². The van der Waals surface area contributed by atoms with Crippen molar-refractivity contribution in [1.82, 2.24) is 19.3 Å². The fraction of sp³-hybridized carbons (Fsp3) is 0.583. The number of piperazine rings is 1. The van der Waals surface area contributed by atoms with Crippen LogP contribution in [-0.4, -0.2) is 72.4 Å². The van der Waals surface area contributed by atoms with E-state index in [4.69, 9.17) is 4.52 Å². The number of piperidine rings is 1. The summed E-state index contributed by atoms with van der Waals surface area (Å²) in [5.74, 6) is 0.732. The van der Waals surface area contributed by atoms with Crippen LogP contribution < -0.4 is 0 Å². The van der Waals surface area contributed by atoms with Crippen molar-refractivity contribution in [2.24, 2.45) is 0 Å². The van der Waals surface area contributed by atoms with Crippen LogP contribution in [0.15, 0.2) is 27.6 Å². The van der Waals surface area contributed by atoms with Gasteiger partial charge in [0.05, 0.1) is 10.6 Å². The molecule has 2 fully saturated rings. The maximum absolute atomic E-state index is 13.3. The zero-order valence-corrected chi connectivity index (χ0v) is 20.8. The van der Waals surface area contributed by atoms with Crippen LogP contribution in [0.2, 0.25) is 0 Å². The molecule has 2 saturated heterocycles. The van der Waals surface area contributed by atoms with Crippen molar-refractivity contribution in [2.75, 3.05) is 32.7 Å². The molecule has 2 aliphatic rings. The number of benzene rings is 1. The Balaban J connectivity index is 1.46. The summed E-state index contributed by atoms with van der Waals surface area (Å²) < 4.78 is 33.4. The van der Waals surface area contributed by atoms with E-state index in [0.29, 0.717) is 25.2 Å². The second-order valence-corrected chi connectivity index (χ2v) is 11.2. The molecule has 8 nitrogen and oxygen atoms in total. The largest absolute Gasteiger partial charge is 0.361 e. The van der Waals surface area contributed by atoms with Crippen LogP contribution in [0.1, 0.15) is 59.1 Å². The molecule has 0 saturated carbocycles. The number of rotatable bonds is 5. The molecule has 1 amide bonds. The average molecular weight is 475 g/mol. The van der Waals surface area contributed by atoms with Crippen molar-refractivity contribution in [1.29, 1.82) is 0 Å². The highest BCUT2D eigenvalue weighted by molar-refractivity contribution is 7.89. The van der Waals surface area contributed by atoms with E-state index < -0.39 is 10.0 Å². The summed E-state index contributed by atoms with van der Waals surface area (Å²) in [5, 5.41) is 4.02. The molecule has 4 rings (SSSR count). The van der Waals surface area contributed by atoms with Crippen LogP contribution in [0, 0.1) is 20.8 Å². The number of sulfonamides is 1. The highest BCUT2D eigenvalue weighted by Crippen LogP contribution is 2.27. The molecule has 0 radical (unpaired) electrons. The maximum atomic E-state index is 13.3. The van der Waals surface area contributed by atoms with E-state index in [1.165, 1.54) is 0 Å². The van der Waals surface area contributed by atoms with Crippen LogP contribution in [0.3, 0.4) is 0 Å². The molecule has 1 atom stereocenters. The summed E-state index contributed by atoms with van der Waals surface area (Å²) >= 11 is 0. The molecule has 0 bridgehead atoms. The molecule has 2 aromatic rings. The van der Waals surface area contributed by atoms with Gasteiger partial charge in [0.2, 0.25) is 10.0 Å². The minimum Gasteiger partial charge on any atom is -0.361 e. The lowest BCUT2D eigenvalue weighted by atomic mass is 10.1. The molecule has 9 heteroatoms. The van der Waals surface area contributed by atoms with Gasteiger partial charge in [-0.1, -0.05) is 17.6 Å². The van der Waals surface area contributed by atoms with E-state index >= 15 is 0 Å². The van der Waals surface area contributed by atoms with Gasteiger partial charge in [0.25, 0.3) is 5.91 Å². The molecular formula is C24H34N4O4S. The molecule has 0 spiro atoms. The summed E-state index contributed by atoms with van der Waals surface area (Å²) in [6.07, 6.45) is 2.79. The molecule has 33 heavy (non-hydrogen) atoms. The third-order valence-electron chi connectivity index (χ3n) is 7.01. The van der Waals surface area contributed by atoms with E-state index in [2.05, 4.69) is 10.1 Å². The van der Waals surface area contributed by atoms with Gasteiger partial charge in [-0.25, -0.2) is 8.42 Å². The molecule has 180 valence electrons. The Hall–Kier alpha value is -2.23. The van der Waals surface area contributed by atoms with Gasteiger partial charge in [-0.3, -0.25) is 9.69 Å². The number of hydrogen-bond donors (Lipinski definition) is 0. The van der Waals surface area contributed by atoms with Gasteiger partial charge in [-0.05, 0) is 58.2 Å². The Kier molecular flexibility index (Phi) is 6.93. The van der Waals surface area contributed by atoms with Crippen molar-refractivity contribution in [2.45, 2.75) is 64.4 Å². The Labute approximate surface area is 196 Å². The lowest BCUT2D eigenvalue weighted by Gasteiger charge is -2.35. The summed E-state index contributed by atoms with van der Waals surface area (Å²) in [4.78, 5) is 17.7. The lowest BCUT2D eigenvalue weighted by molar-refractivity contribution is 0.0626. The lowest BCUT2D eigenvalue weighted by Crippen LogP contribution is -2.48. The first-order valence-corrected chi connectivity index (χ1v) is 13.2. The van der Waals surface area contributed by atoms with Crippen LogP contribution in [-0.2, 0) is 16.6 Å². The minimum atomic E-state index is -3.62. The predicted molar refractivity (Wildman–Crippen MR) is 126 cm³/mol. The van der Waals surface area contributed by atoms with Gasteiger partial charge in [0.15, 0.2) is 0 Å². The minimum absolute atomic E-state index is 0.0185. The summed E-state index contributed by atoms with van der Waals surface area (Å²) in [7, 11) is -3.62. The van der Waals surface area contributed by atoms with Gasteiger partial charge >= 0.3 is 0 Å². The second kappa shape index (κ2) is 9.56. The zero-order chi connectivity index (χ0) is 23.8. The smallest absolute Gasteiger partial charge is 0.254 e. The number of amides is 1. The van der Waals surface area contributed by atoms with E-state index in [1.54, 1.807) is 22.5 Å². The Bertz CT molecular complexity index is 1100. The van der Waals surface area contributed by atoms with Crippen molar-refractivity contribution >= 4 is 15.9 Å². The van der Waals surface area contributed by atoms with Crippen molar-refractivity contribution in [3.05, 3.63) is 46.3 Å². The predicted octanol–water partition coefficient (Wildman–Crippen LogP) is 3.12. The number of carbonyl (C=O) groups excluding carboxylic acids is 1. The molecule has 3 heterocycles. The van der Waals surface area contributed by atoms with Crippen LogP contribution in [0.25, 0.3) is 0 Å². The Morgan fingerprint density at radius 1 is 1.09 bits per heavy atom. The van der Waals surface area contributed by atoms with Gasteiger partial charge < -0.3 is 9.42 Å². The molecule has 0 aliphatic carbocycles. The van der Waals surface area contributed by atoms with E-state index in [1.807, 2.05) is 32.6 Å². The van der Waals surface area contributed by atoms with Crippen LogP contribution >= 0.6 is 0 Å². The third kappa shape index (κ3) is 4.85. The quantitative estimate of drug-likeness (QED) is 0.662. The van der Waals surface area contributed by atoms with Crippen molar-refractivity contribution in [3.63, 3.8) is 0 Å². The normalized spacial score (nSPS) is 20.8. The third-order valence-corrected chi connectivity index (χ3v) is 9.02. The summed E-state index contributed by atoms with van der Waals surface area (Å²) in [6.45, 7) is 11.7. The van der Waals surface area contributed by atoms with Gasteiger partial charge in [0.1, 0.15) is 5.76 Å². The first-order valence-electron chi connectivity index (χ1n) is 11.7. The topological polar surface area (TPSA) is 87.0 Å². The first-order chi connectivity index (χ1) is 15.7. The summed E-state index contributed by atoms with van der Waals surface area (Å²) in [6, 6.07) is 4.94. The fourth-order valence-corrected chi connectivity index (χ4v) is 6.51. The molecular weight excluding hydrogens is 440 g/mol. The van der Waals surface area contributed by atoms with Gasteiger partial charge in [0, 0.05) is 56.4 Å². The molecule has 2 aliphatic heterocycles. The first kappa shape index (κ1) is 23.9. The fourth-order valence-electron chi connectivity index (χ4n) is 4.79. The van der Waals surface area contributed by atoms with E-state index in [9.17, 15) is 13.2 Å². The maximum Gasteiger partial charge on any atom is 0.254 e. The van der Waals surface area contributed by atoms with E-state index in [0.717, 1.165) is 61.5 Å². The number of aryl methyl sites for hydroxylation is 3. The second-order valence-electron chi connectivity index (χ2n) is 9.31. The average Bonchev–Trinajstić information content (AvgIpc) is 3.11. The zero-order valence-electron chi connectivity index (χ0n) is 20.0. The Morgan fingerprint density at radius 3 is 2.45 bits per heavy atom. The molecule has 1 aromatic heterocycles. The number of nitrogens with zero attached hydrogens (tertiary/aromatic N) is 4. The van der Waals surface area contributed by atoms with Crippen LogP contribution in [0.4, 0.5) is 0 Å². The van der Waals surface area contributed by atoms with Gasteiger partial charge in [-0.2, -0.15) is 4.31 Å². The summed E-state index contributed by atoms with van der Waals surface area (Å²) in [5.41, 5.74) is 3.28. The monoisotopic (exact) mass is 474 g/mol. The molecule has 1 unspecified atom stereocenters. The van der Waals surface area contributed by atoms with Crippen molar-refractivity contribution < 1.29 is 17.7 Å². The SMILES string of the molecule is Cc1ccc(S(=O)(=O)N2CCCCC2C)cc1C(=O)N1CCN(Cc2c(C)noc2C)CC1. The Morgan fingerprint density at radius 2 is 1.82 bits per heavy atom. The van der Waals surface area contributed by atoms with Crippen molar-refractivity contribution in [3.8, 4) is 0 Å². The number of carbonyl (C=O) groups is 1. The molecule has 0 N–H and O–H groups in total. The number of aromatic nitrogens is 1. The number of hydrogen-bond acceptors (Lipinski definition) is 6.